The Kier molecular flexibility index (Phi) is 18.5. The Labute approximate surface area is 472 Å². The highest BCUT2D eigenvalue weighted by molar-refractivity contribution is 5.97. The third kappa shape index (κ3) is 13.7. The van der Waals surface area contributed by atoms with Gasteiger partial charge in [0.2, 0.25) is 35.4 Å². The number of fused-ring (bicyclic) bond motifs is 3. The van der Waals surface area contributed by atoms with Gasteiger partial charge in [-0.1, -0.05) is 108 Å². The van der Waals surface area contributed by atoms with Gasteiger partial charge in [-0.25, -0.2) is 0 Å². The summed E-state index contributed by atoms with van der Waals surface area (Å²) in [5, 5.41) is 25.0. The van der Waals surface area contributed by atoms with Crippen molar-refractivity contribution in [3.8, 4) is 0 Å². The molecule has 0 spiro atoms. The Bertz CT molecular complexity index is 2930. The quantitative estimate of drug-likeness (QED) is 0.0624. The van der Waals surface area contributed by atoms with Crippen LogP contribution in [0.2, 0.25) is 0 Å². The van der Waals surface area contributed by atoms with Gasteiger partial charge in [0.25, 0.3) is 5.91 Å². The Hall–Kier alpha value is -7.11. The van der Waals surface area contributed by atoms with Gasteiger partial charge in [0, 0.05) is 43.3 Å². The number of rotatable bonds is 17. The highest BCUT2D eigenvalue weighted by atomic mass is 16.2. The molecule has 428 valence electrons. The van der Waals surface area contributed by atoms with Crippen LogP contribution in [0.4, 0.5) is 5.69 Å². The average molecular weight is 1090 g/mol. The first-order valence-electron chi connectivity index (χ1n) is 28.6. The zero-order valence-electron chi connectivity index (χ0n) is 48.4. The van der Waals surface area contributed by atoms with Crippen LogP contribution in [0.3, 0.4) is 0 Å². The smallest absolute Gasteiger partial charge is 0.251 e. The molecule has 9 atom stereocenters. The van der Waals surface area contributed by atoms with Crippen LogP contribution in [0, 0.1) is 10.8 Å². The second kappa shape index (κ2) is 25.1. The molecule has 2 aliphatic carbocycles. The minimum atomic E-state index is -0.942. The number of aryl methyl sites for hydroxylation is 2. The average Bonchev–Trinajstić information content (AvgIpc) is 3.88. The monoisotopic (exact) mass is 1090 g/mol. The molecule has 80 heavy (non-hydrogen) atoms. The molecule has 17 nitrogen and oxygen atoms in total. The number of anilines is 1. The molecule has 4 aromatic carbocycles. The number of likely N-dealkylation sites (N-methyl/N-ethyl adjacent to an activating group) is 2. The first kappa shape index (κ1) is 59.0. The largest absolute Gasteiger partial charge is 0.381 e. The summed E-state index contributed by atoms with van der Waals surface area (Å²) >= 11 is 0. The van der Waals surface area contributed by atoms with E-state index in [1.54, 1.807) is 45.0 Å². The van der Waals surface area contributed by atoms with Crippen LogP contribution in [0.15, 0.2) is 91.0 Å². The van der Waals surface area contributed by atoms with Crippen molar-refractivity contribution < 1.29 is 33.6 Å². The predicted octanol–water partition coefficient (Wildman–Crippen LogP) is 5.92. The van der Waals surface area contributed by atoms with E-state index in [0.29, 0.717) is 18.5 Å². The van der Waals surface area contributed by atoms with Gasteiger partial charge in [0.15, 0.2) is 0 Å². The van der Waals surface area contributed by atoms with E-state index < -0.39 is 53.1 Å². The summed E-state index contributed by atoms with van der Waals surface area (Å²) in [5.74, 6) is -2.24. The Morgan fingerprint density at radius 2 is 1.10 bits per heavy atom. The molecule has 7 amide bonds. The van der Waals surface area contributed by atoms with Crippen LogP contribution in [0.25, 0.3) is 0 Å². The van der Waals surface area contributed by atoms with Crippen molar-refractivity contribution in [2.75, 3.05) is 26.0 Å². The molecule has 0 radical (unpaired) electrons. The number of benzene rings is 4. The highest BCUT2D eigenvalue weighted by Gasteiger charge is 2.47. The first-order valence-corrected chi connectivity index (χ1v) is 28.6. The van der Waals surface area contributed by atoms with Gasteiger partial charge >= 0.3 is 0 Å². The van der Waals surface area contributed by atoms with Crippen molar-refractivity contribution in [1.29, 1.82) is 0 Å². The molecule has 1 saturated heterocycles. The number of carbonyl (C=O) groups excluding carboxylic acids is 7. The summed E-state index contributed by atoms with van der Waals surface area (Å²) in [6.45, 7) is 15.5. The lowest BCUT2D eigenvalue weighted by atomic mass is 9.83. The van der Waals surface area contributed by atoms with Crippen LogP contribution in [0.1, 0.15) is 149 Å². The van der Waals surface area contributed by atoms with Gasteiger partial charge in [0.1, 0.15) is 24.2 Å². The summed E-state index contributed by atoms with van der Waals surface area (Å²) < 4.78 is 0. The zero-order chi connectivity index (χ0) is 57.6. The maximum absolute atomic E-state index is 14.9. The van der Waals surface area contributed by atoms with Crippen LogP contribution in [-0.2, 0) is 61.1 Å². The van der Waals surface area contributed by atoms with Crippen molar-refractivity contribution in [2.45, 2.75) is 174 Å². The highest BCUT2D eigenvalue weighted by Crippen LogP contribution is 2.35. The topological polar surface area (TPSA) is 222 Å². The molecule has 0 saturated carbocycles. The molecule has 2 heterocycles. The van der Waals surface area contributed by atoms with Crippen molar-refractivity contribution >= 4 is 47.0 Å². The lowest BCUT2D eigenvalue weighted by molar-refractivity contribution is -0.147. The summed E-state index contributed by atoms with van der Waals surface area (Å²) in [7, 11) is 3.37. The van der Waals surface area contributed by atoms with Crippen LogP contribution in [0.5, 0.6) is 0 Å². The van der Waals surface area contributed by atoms with Gasteiger partial charge in [0.05, 0.1) is 24.2 Å². The maximum Gasteiger partial charge on any atom is 0.251 e. The van der Waals surface area contributed by atoms with E-state index in [-0.39, 0.29) is 72.9 Å². The Morgan fingerprint density at radius 1 is 0.588 bits per heavy atom. The van der Waals surface area contributed by atoms with Crippen LogP contribution >= 0.6 is 0 Å². The minimum absolute atomic E-state index is 0.0790. The lowest BCUT2D eigenvalue weighted by Gasteiger charge is -2.42. The van der Waals surface area contributed by atoms with Crippen molar-refractivity contribution in [3.63, 3.8) is 0 Å². The second-order valence-electron chi connectivity index (χ2n) is 24.6. The van der Waals surface area contributed by atoms with E-state index >= 15 is 0 Å². The summed E-state index contributed by atoms with van der Waals surface area (Å²) in [5.41, 5.74) is 7.18. The molecule has 8 rings (SSSR count). The third-order valence-electron chi connectivity index (χ3n) is 16.7. The lowest BCUT2D eigenvalue weighted by Crippen LogP contribution is -2.62. The molecule has 0 aromatic heterocycles. The second-order valence-corrected chi connectivity index (χ2v) is 24.6. The van der Waals surface area contributed by atoms with Gasteiger partial charge in [-0.3, -0.25) is 33.6 Å². The molecule has 8 N–H and O–H groups in total. The molecular formula is C63H84N10O7. The van der Waals surface area contributed by atoms with Crippen molar-refractivity contribution in [1.82, 2.24) is 47.0 Å². The van der Waals surface area contributed by atoms with Gasteiger partial charge in [-0.05, 0) is 147 Å². The fourth-order valence-corrected chi connectivity index (χ4v) is 11.6. The number of carbonyl (C=O) groups is 7. The van der Waals surface area contributed by atoms with E-state index in [1.807, 2.05) is 102 Å². The normalized spacial score (nSPS) is 21.2. The van der Waals surface area contributed by atoms with Gasteiger partial charge < -0.3 is 52.3 Å². The summed E-state index contributed by atoms with van der Waals surface area (Å²) in [6.07, 6.45) is 5.80. The molecule has 4 aromatic rings. The van der Waals surface area contributed by atoms with E-state index in [4.69, 9.17) is 0 Å². The molecule has 17 heteroatoms. The molecule has 1 fully saturated rings. The van der Waals surface area contributed by atoms with Crippen LogP contribution < -0.4 is 42.5 Å². The molecular weight excluding hydrogens is 1010 g/mol. The van der Waals surface area contributed by atoms with E-state index in [1.165, 1.54) is 16.0 Å². The Morgan fingerprint density at radius 3 is 1.62 bits per heavy atom. The molecule has 2 aliphatic heterocycles. The SMILES string of the molecule is CN[C@@H](C)C(=O)N[C@H](C(=O)N1Cc2cc(NCc3ccc(C(=O)N[C@H]4C[C@@H](C(=O)N[C@@H]5CCCc6ccccc65)N(C(=O)[C@@H](NC(=O)[C@H](C)NC)C(C)(C)C)C4)cc3)ccc2C[C@H]1C(=O)N[C@@H]1CCCc2ccccc21)C(C)(C)C. The van der Waals surface area contributed by atoms with E-state index in [2.05, 4.69) is 60.7 Å². The maximum atomic E-state index is 14.9. The number of nitrogens with one attached hydrogen (secondary N) is 8. The van der Waals surface area contributed by atoms with Gasteiger partial charge in [-0.15, -0.1) is 0 Å². The van der Waals surface area contributed by atoms with E-state index in [0.717, 1.165) is 72.0 Å². The fourth-order valence-electron chi connectivity index (χ4n) is 11.6. The van der Waals surface area contributed by atoms with Crippen molar-refractivity contribution in [2.24, 2.45) is 10.8 Å². The number of hydrogen-bond donors (Lipinski definition) is 8. The van der Waals surface area contributed by atoms with E-state index in [9.17, 15) is 33.6 Å². The number of nitrogens with zero attached hydrogens (tertiary/aromatic N) is 2. The third-order valence-corrected chi connectivity index (χ3v) is 16.7. The first-order chi connectivity index (χ1) is 38.0. The zero-order valence-corrected chi connectivity index (χ0v) is 48.4. The molecule has 4 aliphatic rings. The molecule has 0 bridgehead atoms. The summed E-state index contributed by atoms with van der Waals surface area (Å²) in [6, 6.07) is 23.9. The number of hydrogen-bond acceptors (Lipinski definition) is 10. The standard InChI is InChI=1S/C63H84N10O7/c1-37(64-9)55(74)70-53(62(3,4)5)60(79)72-35-44-31-45(30-29-43(44)32-51(72)58(77)68-49-23-15-19-40-17-11-13-21-47(40)49)66-34-39-25-27-42(28-26-39)57(76)67-46-33-52(59(78)69-50-24-16-20-41-18-12-14-22-48(41)50)73(36-46)61(80)54(63(6,7)8)71-56(75)38(2)65-10/h11-14,17-18,21-22,25-31,37-38,46,49-54,64-66H,15-16,19-20,23-24,32-36H2,1-10H3,(H,67,76)(H,68,77)(H,69,78)(H,70,74)(H,71,75)/t37-,38-,46-,49+,50+,51-,52-,53+,54+/m0/s1. The minimum Gasteiger partial charge on any atom is -0.381 e. The summed E-state index contributed by atoms with van der Waals surface area (Å²) in [4.78, 5) is 102. The molecule has 0 unspecified atom stereocenters. The van der Waals surface area contributed by atoms with Gasteiger partial charge in [-0.2, -0.15) is 0 Å². The fraction of sp³-hybridized carbons (Fsp3) is 0.508. The predicted molar refractivity (Wildman–Crippen MR) is 310 cm³/mol. The Balaban J connectivity index is 0.955. The van der Waals surface area contributed by atoms with Crippen molar-refractivity contribution in [3.05, 3.63) is 136 Å². The van der Waals surface area contributed by atoms with Crippen LogP contribution in [-0.4, -0.2) is 114 Å². The number of likely N-dealkylation sites (tertiary alicyclic amines) is 1. The number of amides is 7.